The van der Waals surface area contributed by atoms with Gasteiger partial charge in [0.25, 0.3) is 0 Å². The second kappa shape index (κ2) is 6.08. The van der Waals surface area contributed by atoms with Gasteiger partial charge in [0, 0.05) is 4.47 Å². The summed E-state index contributed by atoms with van der Waals surface area (Å²) < 4.78 is 10.6. The van der Waals surface area contributed by atoms with Crippen LogP contribution in [-0.4, -0.2) is 28.7 Å². The summed E-state index contributed by atoms with van der Waals surface area (Å²) in [5, 5.41) is 0. The number of ether oxygens (including phenoxy) is 2. The van der Waals surface area contributed by atoms with Crippen molar-refractivity contribution in [3.05, 3.63) is 34.3 Å². The highest BCUT2D eigenvalue weighted by molar-refractivity contribution is 9.10. The van der Waals surface area contributed by atoms with Crippen molar-refractivity contribution in [1.82, 2.24) is 4.90 Å². The summed E-state index contributed by atoms with van der Waals surface area (Å²) in [7, 11) is 0. The number of cyclic esters (lactones) is 2. The maximum atomic E-state index is 12.3. The lowest BCUT2D eigenvalue weighted by molar-refractivity contribution is -0.143. The molecule has 1 fully saturated rings. The number of rotatable bonds is 1. The van der Waals surface area contributed by atoms with E-state index >= 15 is 0 Å². The van der Waals surface area contributed by atoms with Crippen molar-refractivity contribution in [3.63, 3.8) is 0 Å². The van der Waals surface area contributed by atoms with Crippen LogP contribution in [0.2, 0.25) is 0 Å². The van der Waals surface area contributed by atoms with Crippen molar-refractivity contribution in [2.45, 2.75) is 38.8 Å². The average molecular weight is 370 g/mol. The smallest absolute Gasteiger partial charge is 0.427 e. The van der Waals surface area contributed by atoms with Gasteiger partial charge in [-0.3, -0.25) is 4.79 Å². The van der Waals surface area contributed by atoms with Crippen LogP contribution in [0.15, 0.2) is 28.7 Å². The summed E-state index contributed by atoms with van der Waals surface area (Å²) in [5.74, 6) is -0.669. The number of imide groups is 1. The van der Waals surface area contributed by atoms with Crippen molar-refractivity contribution in [3.8, 4) is 0 Å². The maximum Gasteiger partial charge on any atom is 0.427 e. The second-order valence-electron chi connectivity index (χ2n) is 5.86. The molecule has 118 valence electrons. The van der Waals surface area contributed by atoms with Crippen LogP contribution < -0.4 is 0 Å². The Morgan fingerprint density at radius 1 is 1.27 bits per heavy atom. The summed E-state index contributed by atoms with van der Waals surface area (Å²) >= 11 is 3.31. The molecular formula is C15H16BrNO5. The predicted molar refractivity (Wildman–Crippen MR) is 81.1 cm³/mol. The van der Waals surface area contributed by atoms with Crippen LogP contribution in [0, 0.1) is 0 Å². The number of benzene rings is 1. The minimum absolute atomic E-state index is 0.105. The lowest BCUT2D eigenvalue weighted by Gasteiger charge is -2.33. The molecule has 2 amide bonds. The van der Waals surface area contributed by atoms with Gasteiger partial charge in [-0.2, -0.15) is 0 Å². The molecule has 7 heteroatoms. The zero-order valence-corrected chi connectivity index (χ0v) is 14.0. The number of esters is 1. The Morgan fingerprint density at radius 2 is 1.86 bits per heavy atom. The van der Waals surface area contributed by atoms with E-state index in [1.165, 1.54) is 0 Å². The molecule has 1 aliphatic rings. The minimum atomic E-state index is -1.02. The highest BCUT2D eigenvalue weighted by atomic mass is 79.9. The fraction of sp³-hybridized carbons (Fsp3) is 0.400. The third-order valence-corrected chi connectivity index (χ3v) is 3.44. The second-order valence-corrected chi connectivity index (χ2v) is 6.78. The first-order chi connectivity index (χ1) is 10.2. The molecule has 1 aromatic rings. The Balaban J connectivity index is 2.33. The summed E-state index contributed by atoms with van der Waals surface area (Å²) in [6.07, 6.45) is -1.96. The van der Waals surface area contributed by atoms with E-state index in [0.717, 1.165) is 9.37 Å². The number of carbonyl (C=O) groups excluding carboxylic acids is 3. The zero-order chi connectivity index (χ0) is 16.5. The molecule has 1 atom stereocenters. The first-order valence-corrected chi connectivity index (χ1v) is 7.49. The number of amides is 2. The first kappa shape index (κ1) is 16.5. The summed E-state index contributed by atoms with van der Waals surface area (Å²) in [6, 6.07) is 6.27. The Labute approximate surface area is 136 Å². The van der Waals surface area contributed by atoms with Crippen LogP contribution in [0.25, 0.3) is 0 Å². The van der Waals surface area contributed by atoms with Crippen LogP contribution in [0.4, 0.5) is 9.59 Å². The molecule has 2 rings (SSSR count). The Hall–Kier alpha value is -1.89. The number of carbonyl (C=O) groups is 3. The lowest BCUT2D eigenvalue weighted by Crippen LogP contribution is -2.48. The van der Waals surface area contributed by atoms with Gasteiger partial charge in [0.2, 0.25) is 0 Å². The zero-order valence-electron chi connectivity index (χ0n) is 12.5. The Bertz CT molecular complexity index is 605. The van der Waals surface area contributed by atoms with Crippen LogP contribution in [0.1, 0.15) is 38.8 Å². The van der Waals surface area contributed by atoms with E-state index in [4.69, 9.17) is 4.74 Å². The molecule has 22 heavy (non-hydrogen) atoms. The normalized spacial score (nSPS) is 18.9. The van der Waals surface area contributed by atoms with Crippen molar-refractivity contribution in [2.24, 2.45) is 0 Å². The molecule has 0 saturated carbocycles. The third-order valence-electron chi connectivity index (χ3n) is 2.91. The van der Waals surface area contributed by atoms with Crippen molar-refractivity contribution < 1.29 is 23.9 Å². The third kappa shape index (κ3) is 3.85. The van der Waals surface area contributed by atoms with E-state index in [2.05, 4.69) is 20.7 Å². The molecule has 1 aromatic carbocycles. The Morgan fingerprint density at radius 3 is 2.41 bits per heavy atom. The van der Waals surface area contributed by atoms with Gasteiger partial charge in [-0.25, -0.2) is 14.5 Å². The van der Waals surface area contributed by atoms with Crippen LogP contribution in [-0.2, 0) is 14.3 Å². The SMILES string of the molecule is CC(C)(C)OC(=O)N1C(=O)OC(=O)C[C@@H]1c1ccc(Br)cc1. The topological polar surface area (TPSA) is 72.9 Å². The van der Waals surface area contributed by atoms with Gasteiger partial charge >= 0.3 is 18.2 Å². The van der Waals surface area contributed by atoms with E-state index in [0.29, 0.717) is 5.56 Å². The van der Waals surface area contributed by atoms with E-state index < -0.39 is 29.8 Å². The molecule has 1 heterocycles. The highest BCUT2D eigenvalue weighted by Gasteiger charge is 2.42. The molecule has 1 aliphatic heterocycles. The van der Waals surface area contributed by atoms with Crippen LogP contribution >= 0.6 is 15.9 Å². The quantitative estimate of drug-likeness (QED) is 0.556. The average Bonchev–Trinajstić information content (AvgIpc) is 2.36. The van der Waals surface area contributed by atoms with Gasteiger partial charge in [0.15, 0.2) is 0 Å². The lowest BCUT2D eigenvalue weighted by atomic mass is 10.0. The van der Waals surface area contributed by atoms with Crippen molar-refractivity contribution in [2.75, 3.05) is 0 Å². The molecule has 1 saturated heterocycles. The van der Waals surface area contributed by atoms with Gasteiger partial charge in [0.05, 0.1) is 12.5 Å². The van der Waals surface area contributed by atoms with E-state index in [1.807, 2.05) is 0 Å². The van der Waals surface area contributed by atoms with Crippen molar-refractivity contribution >= 4 is 34.1 Å². The van der Waals surface area contributed by atoms with Gasteiger partial charge in [0.1, 0.15) is 5.60 Å². The first-order valence-electron chi connectivity index (χ1n) is 6.70. The number of hydrogen-bond donors (Lipinski definition) is 0. The fourth-order valence-electron chi connectivity index (χ4n) is 2.03. The van der Waals surface area contributed by atoms with E-state index in [1.54, 1.807) is 45.0 Å². The van der Waals surface area contributed by atoms with Crippen molar-refractivity contribution in [1.29, 1.82) is 0 Å². The minimum Gasteiger partial charge on any atom is -0.443 e. The van der Waals surface area contributed by atoms with Gasteiger partial charge in [-0.05, 0) is 38.5 Å². The van der Waals surface area contributed by atoms with Crippen LogP contribution in [0.5, 0.6) is 0 Å². The van der Waals surface area contributed by atoms with Crippen LogP contribution in [0.3, 0.4) is 0 Å². The largest absolute Gasteiger partial charge is 0.443 e. The molecule has 0 N–H and O–H groups in total. The maximum absolute atomic E-state index is 12.3. The summed E-state index contributed by atoms with van der Waals surface area (Å²) in [6.45, 7) is 5.08. The summed E-state index contributed by atoms with van der Waals surface area (Å²) in [4.78, 5) is 36.6. The van der Waals surface area contributed by atoms with Gasteiger partial charge in [-0.1, -0.05) is 28.1 Å². The molecule has 0 aliphatic carbocycles. The van der Waals surface area contributed by atoms with E-state index in [9.17, 15) is 14.4 Å². The van der Waals surface area contributed by atoms with Gasteiger partial charge < -0.3 is 9.47 Å². The number of hydrogen-bond acceptors (Lipinski definition) is 5. The summed E-state index contributed by atoms with van der Waals surface area (Å²) in [5.41, 5.74) is -0.109. The molecule has 0 aromatic heterocycles. The highest BCUT2D eigenvalue weighted by Crippen LogP contribution is 2.31. The molecule has 0 bridgehead atoms. The van der Waals surface area contributed by atoms with Gasteiger partial charge in [-0.15, -0.1) is 0 Å². The molecule has 0 unspecified atom stereocenters. The molecule has 0 spiro atoms. The Kier molecular flexibility index (Phi) is 4.55. The molecular weight excluding hydrogens is 354 g/mol. The standard InChI is InChI=1S/C15H16BrNO5/c1-15(2,3)22-14(20)17-11(8-12(18)21-13(17)19)9-4-6-10(16)7-5-9/h4-7,11H,8H2,1-3H3/t11-/m1/s1. The molecule has 0 radical (unpaired) electrons. The number of nitrogens with zero attached hydrogens (tertiary/aromatic N) is 1. The monoisotopic (exact) mass is 369 g/mol. The fourth-order valence-corrected chi connectivity index (χ4v) is 2.29. The van der Waals surface area contributed by atoms with E-state index in [-0.39, 0.29) is 6.42 Å². The number of halogens is 1. The molecule has 6 nitrogen and oxygen atoms in total. The predicted octanol–water partition coefficient (Wildman–Crippen LogP) is 3.79.